The summed E-state index contributed by atoms with van der Waals surface area (Å²) in [7, 11) is 0. The molecule has 0 aliphatic heterocycles. The Balaban J connectivity index is 2.42. The van der Waals surface area contributed by atoms with Gasteiger partial charge in [0.15, 0.2) is 5.82 Å². The molecule has 0 bridgehead atoms. The molecule has 0 saturated carbocycles. The van der Waals surface area contributed by atoms with E-state index >= 15 is 0 Å². The molecule has 2 rings (SSSR count). The van der Waals surface area contributed by atoms with Crippen molar-refractivity contribution in [3.05, 3.63) is 40.3 Å². The van der Waals surface area contributed by atoms with Crippen molar-refractivity contribution in [1.29, 1.82) is 0 Å². The van der Waals surface area contributed by atoms with Gasteiger partial charge in [0.05, 0.1) is 11.8 Å². The van der Waals surface area contributed by atoms with Gasteiger partial charge in [-0.25, -0.2) is 9.67 Å². The first-order valence-electron chi connectivity index (χ1n) is 4.55. The van der Waals surface area contributed by atoms with Gasteiger partial charge >= 0.3 is 0 Å². The van der Waals surface area contributed by atoms with E-state index in [9.17, 15) is 4.79 Å². The Hall–Kier alpha value is -1.69. The number of primary amides is 1. The maximum Gasteiger partial charge on any atom is 0.251 e. The highest BCUT2D eigenvalue weighted by Gasteiger charge is 2.07. The fourth-order valence-electron chi connectivity index (χ4n) is 1.23. The molecular weight excluding hydrogens is 272 g/mol. The zero-order valence-electron chi connectivity index (χ0n) is 8.51. The third kappa shape index (κ3) is 1.96. The number of pyridine rings is 1. The Bertz CT molecular complexity index is 550. The first-order chi connectivity index (χ1) is 7.58. The highest BCUT2D eigenvalue weighted by Crippen LogP contribution is 2.16. The van der Waals surface area contributed by atoms with Crippen molar-refractivity contribution in [2.24, 2.45) is 5.73 Å². The third-order valence-corrected chi connectivity index (χ3v) is 2.96. The predicted octanol–water partition coefficient (Wildman–Crippen LogP) is 1.44. The molecule has 0 aromatic carbocycles. The van der Waals surface area contributed by atoms with E-state index in [0.717, 1.165) is 10.0 Å². The van der Waals surface area contributed by atoms with Gasteiger partial charge in [-0.05, 0) is 34.5 Å². The van der Waals surface area contributed by atoms with Crippen LogP contribution in [0.3, 0.4) is 0 Å². The molecular formula is C10H9BrN4O. The Morgan fingerprint density at radius 2 is 2.25 bits per heavy atom. The van der Waals surface area contributed by atoms with Crippen molar-refractivity contribution in [3.63, 3.8) is 0 Å². The van der Waals surface area contributed by atoms with Crippen LogP contribution in [0.5, 0.6) is 0 Å². The van der Waals surface area contributed by atoms with E-state index in [0.29, 0.717) is 11.4 Å². The van der Waals surface area contributed by atoms with Gasteiger partial charge in [0.25, 0.3) is 5.91 Å². The van der Waals surface area contributed by atoms with Crippen molar-refractivity contribution < 1.29 is 4.79 Å². The standard InChI is InChI=1S/C10H9BrN4O/c1-6-2-9(13-4-8(6)11)15-5-7(3-14-15)10(12)16/h2-5H,1H3,(H2,12,16). The highest BCUT2D eigenvalue weighted by atomic mass is 79.9. The topological polar surface area (TPSA) is 73.8 Å². The lowest BCUT2D eigenvalue weighted by molar-refractivity contribution is 0.100. The molecule has 0 atom stereocenters. The fraction of sp³-hybridized carbons (Fsp3) is 0.100. The summed E-state index contributed by atoms with van der Waals surface area (Å²) in [5.74, 6) is 0.147. The van der Waals surface area contributed by atoms with E-state index < -0.39 is 5.91 Å². The highest BCUT2D eigenvalue weighted by molar-refractivity contribution is 9.10. The van der Waals surface area contributed by atoms with Gasteiger partial charge in [-0.1, -0.05) is 0 Å². The summed E-state index contributed by atoms with van der Waals surface area (Å²) >= 11 is 3.36. The van der Waals surface area contributed by atoms with Gasteiger partial charge in [0.1, 0.15) is 0 Å². The molecule has 0 spiro atoms. The minimum atomic E-state index is -0.500. The number of carbonyl (C=O) groups excluding carboxylic acids is 1. The smallest absolute Gasteiger partial charge is 0.251 e. The largest absolute Gasteiger partial charge is 0.366 e. The summed E-state index contributed by atoms with van der Waals surface area (Å²) in [5.41, 5.74) is 6.55. The molecule has 0 aliphatic rings. The third-order valence-electron chi connectivity index (χ3n) is 2.13. The number of hydrogen-bond acceptors (Lipinski definition) is 3. The average Bonchev–Trinajstić information content (AvgIpc) is 2.71. The number of amides is 1. The molecule has 2 aromatic heterocycles. The molecule has 0 aliphatic carbocycles. The minimum Gasteiger partial charge on any atom is -0.366 e. The second-order valence-corrected chi connectivity index (χ2v) is 4.18. The zero-order chi connectivity index (χ0) is 11.7. The van der Waals surface area contributed by atoms with E-state index in [2.05, 4.69) is 26.0 Å². The Morgan fingerprint density at radius 1 is 1.50 bits per heavy atom. The molecule has 0 radical (unpaired) electrons. The van der Waals surface area contributed by atoms with Gasteiger partial charge < -0.3 is 5.73 Å². The second kappa shape index (κ2) is 4.05. The van der Waals surface area contributed by atoms with Crippen LogP contribution in [0.25, 0.3) is 5.82 Å². The molecule has 82 valence electrons. The number of nitrogens with zero attached hydrogens (tertiary/aromatic N) is 3. The molecule has 1 amide bonds. The van der Waals surface area contributed by atoms with E-state index in [1.54, 1.807) is 12.4 Å². The van der Waals surface area contributed by atoms with Crippen molar-refractivity contribution >= 4 is 21.8 Å². The van der Waals surface area contributed by atoms with Crippen LogP contribution in [0.15, 0.2) is 29.1 Å². The molecule has 5 nitrogen and oxygen atoms in total. The van der Waals surface area contributed by atoms with Crippen LogP contribution in [-0.4, -0.2) is 20.7 Å². The maximum absolute atomic E-state index is 10.9. The van der Waals surface area contributed by atoms with Crippen molar-refractivity contribution in [2.45, 2.75) is 6.92 Å². The molecule has 16 heavy (non-hydrogen) atoms. The summed E-state index contributed by atoms with van der Waals surface area (Å²) in [6, 6.07) is 1.86. The number of aryl methyl sites for hydroxylation is 1. The van der Waals surface area contributed by atoms with E-state index in [1.165, 1.54) is 10.9 Å². The molecule has 0 unspecified atom stereocenters. The van der Waals surface area contributed by atoms with Crippen molar-refractivity contribution in [3.8, 4) is 5.82 Å². The van der Waals surface area contributed by atoms with Crippen LogP contribution in [0.2, 0.25) is 0 Å². The van der Waals surface area contributed by atoms with Crippen molar-refractivity contribution in [1.82, 2.24) is 14.8 Å². The first-order valence-corrected chi connectivity index (χ1v) is 5.34. The van der Waals surface area contributed by atoms with Crippen LogP contribution >= 0.6 is 15.9 Å². The summed E-state index contributed by atoms with van der Waals surface area (Å²) in [5, 5.41) is 4.02. The normalized spacial score (nSPS) is 10.4. The summed E-state index contributed by atoms with van der Waals surface area (Å²) in [4.78, 5) is 15.1. The van der Waals surface area contributed by atoms with Gasteiger partial charge in [0.2, 0.25) is 0 Å². The SMILES string of the molecule is Cc1cc(-n2cc(C(N)=O)cn2)ncc1Br. The molecule has 2 N–H and O–H groups in total. The summed E-state index contributed by atoms with van der Waals surface area (Å²) in [6.45, 7) is 1.95. The summed E-state index contributed by atoms with van der Waals surface area (Å²) in [6.07, 6.45) is 4.66. The van der Waals surface area contributed by atoms with Gasteiger partial charge in [-0.3, -0.25) is 4.79 Å². The van der Waals surface area contributed by atoms with Gasteiger partial charge in [0, 0.05) is 16.9 Å². The maximum atomic E-state index is 10.9. The van der Waals surface area contributed by atoms with Crippen LogP contribution in [0.4, 0.5) is 0 Å². The first kappa shape index (κ1) is 10.8. The van der Waals surface area contributed by atoms with Crippen LogP contribution in [-0.2, 0) is 0 Å². The number of halogens is 1. The lowest BCUT2D eigenvalue weighted by Crippen LogP contribution is -2.09. The molecule has 6 heteroatoms. The second-order valence-electron chi connectivity index (χ2n) is 3.33. The molecule has 2 aromatic rings. The number of aromatic nitrogens is 3. The van der Waals surface area contributed by atoms with E-state index in [1.807, 2.05) is 13.0 Å². The zero-order valence-corrected chi connectivity index (χ0v) is 10.1. The van der Waals surface area contributed by atoms with Crippen LogP contribution < -0.4 is 5.73 Å². The van der Waals surface area contributed by atoms with Crippen LogP contribution in [0, 0.1) is 6.92 Å². The molecule has 0 saturated heterocycles. The van der Waals surface area contributed by atoms with Crippen LogP contribution in [0.1, 0.15) is 15.9 Å². The quantitative estimate of drug-likeness (QED) is 0.905. The lowest BCUT2D eigenvalue weighted by atomic mass is 10.3. The number of carbonyl (C=O) groups is 1. The van der Waals surface area contributed by atoms with Gasteiger partial charge in [-0.2, -0.15) is 5.10 Å². The number of rotatable bonds is 2. The Labute approximate surface area is 100 Å². The van der Waals surface area contributed by atoms with Crippen molar-refractivity contribution in [2.75, 3.05) is 0 Å². The Kier molecular flexibility index (Phi) is 2.74. The average molecular weight is 281 g/mol. The molecule has 2 heterocycles. The van der Waals surface area contributed by atoms with E-state index in [4.69, 9.17) is 5.73 Å². The summed E-state index contributed by atoms with van der Waals surface area (Å²) < 4.78 is 2.44. The predicted molar refractivity (Wildman–Crippen MR) is 62.3 cm³/mol. The monoisotopic (exact) mass is 280 g/mol. The number of nitrogens with two attached hydrogens (primary N) is 1. The molecule has 0 fully saturated rings. The number of hydrogen-bond donors (Lipinski definition) is 1. The van der Waals surface area contributed by atoms with Gasteiger partial charge in [-0.15, -0.1) is 0 Å². The van der Waals surface area contributed by atoms with E-state index in [-0.39, 0.29) is 0 Å². The fourth-order valence-corrected chi connectivity index (χ4v) is 1.44. The lowest BCUT2D eigenvalue weighted by Gasteiger charge is -2.02. The Morgan fingerprint density at radius 3 is 2.81 bits per heavy atom. The minimum absolute atomic E-state index is 0.363.